The van der Waals surface area contributed by atoms with Crippen molar-refractivity contribution in [3.05, 3.63) is 82.9 Å². The van der Waals surface area contributed by atoms with Crippen molar-refractivity contribution in [3.63, 3.8) is 0 Å². The highest BCUT2D eigenvalue weighted by Gasteiger charge is 2.33. The van der Waals surface area contributed by atoms with Gasteiger partial charge in [-0.1, -0.05) is 60.7 Å². The highest BCUT2D eigenvalue weighted by atomic mass is 35.5. The van der Waals surface area contributed by atoms with E-state index < -0.39 is 28.5 Å². The van der Waals surface area contributed by atoms with Gasteiger partial charge in [0.05, 0.1) is 24.8 Å². The van der Waals surface area contributed by atoms with Crippen LogP contribution in [0.3, 0.4) is 0 Å². The number of halogens is 1. The van der Waals surface area contributed by atoms with E-state index in [9.17, 15) is 18.0 Å². The summed E-state index contributed by atoms with van der Waals surface area (Å²) in [6.45, 7) is 3.06. The van der Waals surface area contributed by atoms with Gasteiger partial charge in [-0.3, -0.25) is 13.9 Å². The van der Waals surface area contributed by atoms with E-state index in [0.29, 0.717) is 16.5 Å². The molecule has 1 N–H and O–H groups in total. The number of hydrogen-bond acceptors (Lipinski definition) is 6. The lowest BCUT2D eigenvalue weighted by Crippen LogP contribution is -2.53. The van der Waals surface area contributed by atoms with Gasteiger partial charge < -0.3 is 19.7 Å². The van der Waals surface area contributed by atoms with E-state index in [1.165, 1.54) is 37.3 Å². The van der Waals surface area contributed by atoms with Gasteiger partial charge in [0.1, 0.15) is 12.6 Å². The number of methoxy groups -OCH3 is 2. The standard InChI is InChI=1S/C33H40ClN3O6S/c1-23-10-17-29(18-11-23)44(40,41)37(28-16-19-30(42-3)31(20-28)43-4)22-32(38)36(21-25-12-14-26(34)15-13-25)24(2)33(39)35-27-8-6-5-7-9-27/h10-20,24,27H,5-9,21-22H2,1-4H3,(H,35,39). The molecule has 0 aliphatic heterocycles. The molecule has 1 unspecified atom stereocenters. The molecule has 2 amide bonds. The molecular formula is C33H40ClN3O6S. The molecule has 0 bridgehead atoms. The van der Waals surface area contributed by atoms with Crippen molar-refractivity contribution < 1.29 is 27.5 Å². The highest BCUT2D eigenvalue weighted by Crippen LogP contribution is 2.34. The number of amides is 2. The SMILES string of the molecule is COc1ccc(N(CC(=O)N(Cc2ccc(Cl)cc2)C(C)C(=O)NC2CCCCC2)S(=O)(=O)c2ccc(C)cc2)cc1OC. The molecule has 236 valence electrons. The maximum atomic E-state index is 14.2. The number of hydrogen-bond donors (Lipinski definition) is 1. The highest BCUT2D eigenvalue weighted by molar-refractivity contribution is 7.92. The van der Waals surface area contributed by atoms with Gasteiger partial charge in [0, 0.05) is 23.7 Å². The van der Waals surface area contributed by atoms with Gasteiger partial charge in [-0.05, 0) is 68.7 Å². The van der Waals surface area contributed by atoms with E-state index in [1.807, 2.05) is 6.92 Å². The van der Waals surface area contributed by atoms with Crippen LogP contribution in [-0.2, 0) is 26.2 Å². The first-order valence-corrected chi connectivity index (χ1v) is 16.5. The Kier molecular flexibility index (Phi) is 11.2. The zero-order valence-electron chi connectivity index (χ0n) is 25.6. The third-order valence-corrected chi connectivity index (χ3v) is 9.97. The number of sulfonamides is 1. The Morgan fingerprint density at radius 1 is 0.932 bits per heavy atom. The molecule has 4 rings (SSSR count). The molecule has 0 spiro atoms. The Morgan fingerprint density at radius 2 is 1.57 bits per heavy atom. The van der Waals surface area contributed by atoms with Crippen LogP contribution in [0.2, 0.25) is 5.02 Å². The molecule has 1 saturated carbocycles. The first-order valence-electron chi connectivity index (χ1n) is 14.7. The first kappa shape index (κ1) is 33.1. The molecule has 44 heavy (non-hydrogen) atoms. The fourth-order valence-electron chi connectivity index (χ4n) is 5.28. The van der Waals surface area contributed by atoms with Crippen LogP contribution in [0.5, 0.6) is 11.5 Å². The van der Waals surface area contributed by atoms with E-state index in [4.69, 9.17) is 21.1 Å². The second-order valence-corrected chi connectivity index (χ2v) is 13.3. The number of aryl methyl sites for hydroxylation is 1. The predicted octanol–water partition coefficient (Wildman–Crippen LogP) is 5.73. The average molecular weight is 642 g/mol. The van der Waals surface area contributed by atoms with E-state index in [2.05, 4.69) is 5.32 Å². The van der Waals surface area contributed by atoms with Gasteiger partial charge in [0.15, 0.2) is 11.5 Å². The molecule has 11 heteroatoms. The monoisotopic (exact) mass is 641 g/mol. The number of nitrogens with zero attached hydrogens (tertiary/aromatic N) is 2. The third kappa shape index (κ3) is 8.04. The van der Waals surface area contributed by atoms with Crippen LogP contribution in [0.15, 0.2) is 71.6 Å². The summed E-state index contributed by atoms with van der Waals surface area (Å²) in [5, 5.41) is 3.65. The number of carbonyl (C=O) groups is 2. The molecule has 1 aliphatic rings. The number of nitrogens with one attached hydrogen (secondary N) is 1. The van der Waals surface area contributed by atoms with Crippen molar-refractivity contribution in [1.82, 2.24) is 10.2 Å². The minimum atomic E-state index is -4.22. The average Bonchev–Trinajstić information content (AvgIpc) is 3.03. The van der Waals surface area contributed by atoms with E-state index in [0.717, 1.165) is 47.5 Å². The number of anilines is 1. The molecule has 0 aromatic heterocycles. The van der Waals surface area contributed by atoms with Crippen molar-refractivity contribution >= 4 is 39.1 Å². The van der Waals surface area contributed by atoms with Gasteiger partial charge in [-0.2, -0.15) is 0 Å². The maximum Gasteiger partial charge on any atom is 0.264 e. The molecule has 3 aromatic rings. The molecule has 0 radical (unpaired) electrons. The normalized spacial score (nSPS) is 14.4. The minimum Gasteiger partial charge on any atom is -0.493 e. The van der Waals surface area contributed by atoms with Crippen LogP contribution in [0, 0.1) is 6.92 Å². The van der Waals surface area contributed by atoms with Crippen molar-refractivity contribution in [2.24, 2.45) is 0 Å². The number of benzene rings is 3. The van der Waals surface area contributed by atoms with Gasteiger partial charge in [0.25, 0.3) is 10.0 Å². The maximum absolute atomic E-state index is 14.2. The zero-order chi connectivity index (χ0) is 31.9. The van der Waals surface area contributed by atoms with Crippen LogP contribution in [0.1, 0.15) is 50.2 Å². The molecule has 1 aliphatic carbocycles. The number of rotatable bonds is 12. The van der Waals surface area contributed by atoms with Crippen molar-refractivity contribution in [2.75, 3.05) is 25.1 Å². The Balaban J connectivity index is 1.72. The van der Waals surface area contributed by atoms with Gasteiger partial charge in [-0.15, -0.1) is 0 Å². The molecular weight excluding hydrogens is 602 g/mol. The van der Waals surface area contributed by atoms with Crippen LogP contribution in [0.4, 0.5) is 5.69 Å². The summed E-state index contributed by atoms with van der Waals surface area (Å²) in [6, 6.07) is 17.2. The Labute approximate surface area is 265 Å². The molecule has 0 heterocycles. The Morgan fingerprint density at radius 3 is 2.18 bits per heavy atom. The summed E-state index contributed by atoms with van der Waals surface area (Å²) in [5.74, 6) is -0.109. The second kappa shape index (κ2) is 14.8. The molecule has 1 atom stereocenters. The first-order chi connectivity index (χ1) is 21.0. The van der Waals surface area contributed by atoms with E-state index >= 15 is 0 Å². The lowest BCUT2D eigenvalue weighted by Gasteiger charge is -2.33. The Bertz CT molecular complexity index is 1540. The smallest absolute Gasteiger partial charge is 0.264 e. The summed E-state index contributed by atoms with van der Waals surface area (Å²) in [6.07, 6.45) is 5.02. The van der Waals surface area contributed by atoms with Gasteiger partial charge in [0.2, 0.25) is 11.8 Å². The van der Waals surface area contributed by atoms with Gasteiger partial charge >= 0.3 is 0 Å². The van der Waals surface area contributed by atoms with Gasteiger partial charge in [-0.25, -0.2) is 8.42 Å². The third-order valence-electron chi connectivity index (χ3n) is 7.93. The van der Waals surface area contributed by atoms with Crippen molar-refractivity contribution in [2.45, 2.75) is 69.5 Å². The summed E-state index contributed by atoms with van der Waals surface area (Å²) < 4.78 is 40.0. The second-order valence-electron chi connectivity index (χ2n) is 11.0. The summed E-state index contributed by atoms with van der Waals surface area (Å²) in [7, 11) is -1.29. The van der Waals surface area contributed by atoms with Crippen molar-refractivity contribution in [3.8, 4) is 11.5 Å². The topological polar surface area (TPSA) is 105 Å². The van der Waals surface area contributed by atoms with Crippen molar-refractivity contribution in [1.29, 1.82) is 0 Å². The molecule has 1 fully saturated rings. The van der Waals surface area contributed by atoms with Crippen LogP contribution >= 0.6 is 11.6 Å². The fraction of sp³-hybridized carbons (Fsp3) is 0.394. The molecule has 9 nitrogen and oxygen atoms in total. The minimum absolute atomic E-state index is 0.0260. The lowest BCUT2D eigenvalue weighted by atomic mass is 9.95. The largest absolute Gasteiger partial charge is 0.493 e. The predicted molar refractivity (Wildman–Crippen MR) is 172 cm³/mol. The molecule has 0 saturated heterocycles. The fourth-order valence-corrected chi connectivity index (χ4v) is 6.82. The van der Waals surface area contributed by atoms with Crippen LogP contribution in [0.25, 0.3) is 0 Å². The lowest BCUT2D eigenvalue weighted by molar-refractivity contribution is -0.139. The number of carbonyl (C=O) groups excluding carboxylic acids is 2. The molecule has 3 aromatic carbocycles. The van der Waals surface area contributed by atoms with E-state index in [1.54, 1.807) is 55.5 Å². The summed E-state index contributed by atoms with van der Waals surface area (Å²) in [4.78, 5) is 29.1. The van der Waals surface area contributed by atoms with Crippen LogP contribution < -0.4 is 19.1 Å². The summed E-state index contributed by atoms with van der Waals surface area (Å²) in [5.41, 5.74) is 1.85. The summed E-state index contributed by atoms with van der Waals surface area (Å²) >= 11 is 6.10. The zero-order valence-corrected chi connectivity index (χ0v) is 27.2. The quantitative estimate of drug-likeness (QED) is 0.271. The number of ether oxygens (including phenoxy) is 2. The Hall–Kier alpha value is -3.76. The van der Waals surface area contributed by atoms with E-state index in [-0.39, 0.29) is 29.1 Å². The van der Waals surface area contributed by atoms with Crippen LogP contribution in [-0.4, -0.2) is 58.0 Å².